The highest BCUT2D eigenvalue weighted by Gasteiger charge is 2.20. The fourth-order valence-electron chi connectivity index (χ4n) is 2.25. The first-order valence-electron chi connectivity index (χ1n) is 6.57. The van der Waals surface area contributed by atoms with Crippen molar-refractivity contribution >= 4 is 17.7 Å². The molecule has 2 rings (SSSR count). The number of rotatable bonds is 4. The first-order valence-corrected chi connectivity index (χ1v) is 7.62. The Morgan fingerprint density at radius 1 is 1.50 bits per heavy atom. The van der Waals surface area contributed by atoms with Crippen molar-refractivity contribution in [2.75, 3.05) is 30.9 Å². The molecule has 1 saturated heterocycles. The Bertz CT molecular complexity index is 375. The van der Waals surface area contributed by atoms with Gasteiger partial charge in [-0.05, 0) is 18.6 Å². The Hall–Kier alpha value is -0.970. The minimum Gasteiger partial charge on any atom is -0.481 e. The lowest BCUT2D eigenvalue weighted by molar-refractivity contribution is 0.396. The average molecular weight is 267 g/mol. The maximum atomic E-state index is 5.17. The molecule has 0 bridgehead atoms. The molecule has 5 heteroatoms. The monoisotopic (exact) mass is 267 g/mol. The van der Waals surface area contributed by atoms with E-state index in [1.165, 1.54) is 25.0 Å². The maximum absolute atomic E-state index is 5.17. The molecule has 1 atom stereocenters. The Morgan fingerprint density at radius 2 is 2.39 bits per heavy atom. The van der Waals surface area contributed by atoms with E-state index in [0.29, 0.717) is 11.1 Å². The molecule has 1 aliphatic heterocycles. The normalized spacial score (nSPS) is 20.6. The lowest BCUT2D eigenvalue weighted by atomic mass is 10.2. The second-order valence-corrected chi connectivity index (χ2v) is 6.00. The van der Waals surface area contributed by atoms with Crippen molar-refractivity contribution < 1.29 is 4.74 Å². The van der Waals surface area contributed by atoms with E-state index in [-0.39, 0.29) is 0 Å². The van der Waals surface area contributed by atoms with Crippen molar-refractivity contribution in [2.45, 2.75) is 31.4 Å². The third kappa shape index (κ3) is 3.51. The van der Waals surface area contributed by atoms with E-state index in [1.54, 1.807) is 19.4 Å². The van der Waals surface area contributed by atoms with Gasteiger partial charge < -0.3 is 9.64 Å². The van der Waals surface area contributed by atoms with Crippen LogP contribution in [0.1, 0.15) is 26.2 Å². The molecule has 1 aromatic rings. The maximum Gasteiger partial charge on any atom is 0.228 e. The summed E-state index contributed by atoms with van der Waals surface area (Å²) < 4.78 is 5.17. The second kappa shape index (κ2) is 6.83. The third-order valence-electron chi connectivity index (χ3n) is 3.14. The van der Waals surface area contributed by atoms with Crippen molar-refractivity contribution in [1.82, 2.24) is 9.97 Å². The van der Waals surface area contributed by atoms with Crippen molar-refractivity contribution in [3.8, 4) is 5.88 Å². The van der Waals surface area contributed by atoms with Crippen molar-refractivity contribution in [2.24, 2.45) is 0 Å². The molecule has 1 aromatic heterocycles. The smallest absolute Gasteiger partial charge is 0.228 e. The number of ether oxygens (including phenoxy) is 1. The highest BCUT2D eigenvalue weighted by atomic mass is 32.2. The van der Waals surface area contributed by atoms with Crippen LogP contribution in [0.2, 0.25) is 0 Å². The molecule has 0 spiro atoms. The van der Waals surface area contributed by atoms with E-state index >= 15 is 0 Å². The molecule has 0 saturated carbocycles. The molecule has 0 N–H and O–H groups in total. The Labute approximate surface area is 113 Å². The number of anilines is 1. The van der Waals surface area contributed by atoms with E-state index in [4.69, 9.17) is 4.74 Å². The molecule has 1 unspecified atom stereocenters. The third-order valence-corrected chi connectivity index (χ3v) is 4.33. The second-order valence-electron chi connectivity index (χ2n) is 4.42. The van der Waals surface area contributed by atoms with Gasteiger partial charge in [0, 0.05) is 30.6 Å². The van der Waals surface area contributed by atoms with Crippen LogP contribution in [0.25, 0.3) is 0 Å². The van der Waals surface area contributed by atoms with Gasteiger partial charge in [-0.15, -0.1) is 0 Å². The summed E-state index contributed by atoms with van der Waals surface area (Å²) in [6.45, 7) is 4.32. The molecule has 1 fully saturated rings. The quantitative estimate of drug-likeness (QED) is 0.838. The van der Waals surface area contributed by atoms with Gasteiger partial charge >= 0.3 is 0 Å². The fraction of sp³-hybridized carbons (Fsp3) is 0.692. The number of aromatic nitrogens is 2. The molecule has 4 nitrogen and oxygen atoms in total. The molecule has 0 radical (unpaired) electrons. The molecule has 2 heterocycles. The van der Waals surface area contributed by atoms with E-state index in [2.05, 4.69) is 21.8 Å². The SMILES string of the molecule is CCSC1CCCCN(c2nccc(OC)n2)C1. The molecule has 0 amide bonds. The van der Waals surface area contributed by atoms with Gasteiger partial charge in [-0.2, -0.15) is 16.7 Å². The number of hydrogen-bond donors (Lipinski definition) is 0. The lowest BCUT2D eigenvalue weighted by Gasteiger charge is -2.24. The van der Waals surface area contributed by atoms with Gasteiger partial charge in [0.1, 0.15) is 0 Å². The minimum atomic E-state index is 0.643. The van der Waals surface area contributed by atoms with Crippen molar-refractivity contribution in [3.05, 3.63) is 12.3 Å². The first kappa shape index (κ1) is 13.5. The summed E-state index contributed by atoms with van der Waals surface area (Å²) in [4.78, 5) is 11.1. The van der Waals surface area contributed by atoms with Crippen LogP contribution in [0, 0.1) is 0 Å². The summed E-state index contributed by atoms with van der Waals surface area (Å²) in [5, 5.41) is 0.701. The van der Waals surface area contributed by atoms with Gasteiger partial charge in [0.2, 0.25) is 11.8 Å². The largest absolute Gasteiger partial charge is 0.481 e. The predicted molar refractivity (Wildman–Crippen MR) is 76.6 cm³/mol. The molecular weight excluding hydrogens is 246 g/mol. The highest BCUT2D eigenvalue weighted by molar-refractivity contribution is 7.99. The van der Waals surface area contributed by atoms with E-state index in [0.717, 1.165) is 19.0 Å². The minimum absolute atomic E-state index is 0.643. The molecule has 1 aliphatic rings. The van der Waals surface area contributed by atoms with Gasteiger partial charge in [-0.1, -0.05) is 13.3 Å². The highest BCUT2D eigenvalue weighted by Crippen LogP contribution is 2.24. The van der Waals surface area contributed by atoms with Crippen LogP contribution in [0.5, 0.6) is 5.88 Å². The van der Waals surface area contributed by atoms with Gasteiger partial charge in [0.05, 0.1) is 7.11 Å². The van der Waals surface area contributed by atoms with Crippen LogP contribution in [0.15, 0.2) is 12.3 Å². The summed E-state index contributed by atoms with van der Waals surface area (Å²) in [6.07, 6.45) is 5.60. The van der Waals surface area contributed by atoms with Gasteiger partial charge in [0.25, 0.3) is 0 Å². The standard InChI is InChI=1S/C13H21N3OS/c1-3-18-11-6-4-5-9-16(10-11)13-14-8-7-12(15-13)17-2/h7-8,11H,3-6,9-10H2,1-2H3. The summed E-state index contributed by atoms with van der Waals surface area (Å²) in [5.41, 5.74) is 0. The predicted octanol–water partition coefficient (Wildman–Crippen LogP) is 2.60. The summed E-state index contributed by atoms with van der Waals surface area (Å²) in [5.74, 6) is 2.62. The van der Waals surface area contributed by atoms with Crippen molar-refractivity contribution in [1.29, 1.82) is 0 Å². The summed E-state index contributed by atoms with van der Waals surface area (Å²) in [7, 11) is 1.64. The van der Waals surface area contributed by atoms with E-state index < -0.39 is 0 Å². The number of hydrogen-bond acceptors (Lipinski definition) is 5. The van der Waals surface area contributed by atoms with Gasteiger partial charge in [-0.25, -0.2) is 4.98 Å². The molecule has 18 heavy (non-hydrogen) atoms. The van der Waals surface area contributed by atoms with Crippen LogP contribution in [0.4, 0.5) is 5.95 Å². The van der Waals surface area contributed by atoms with Gasteiger partial charge in [-0.3, -0.25) is 0 Å². The van der Waals surface area contributed by atoms with Crippen LogP contribution in [0.3, 0.4) is 0 Å². The number of methoxy groups -OCH3 is 1. The Kier molecular flexibility index (Phi) is 5.11. The zero-order chi connectivity index (χ0) is 12.8. The Morgan fingerprint density at radius 3 is 3.17 bits per heavy atom. The zero-order valence-corrected chi connectivity index (χ0v) is 11.9. The number of thioether (sulfide) groups is 1. The molecule has 0 aliphatic carbocycles. The lowest BCUT2D eigenvalue weighted by Crippen LogP contribution is -2.31. The van der Waals surface area contributed by atoms with Crippen LogP contribution < -0.4 is 9.64 Å². The van der Waals surface area contributed by atoms with E-state index in [9.17, 15) is 0 Å². The van der Waals surface area contributed by atoms with Crippen LogP contribution >= 0.6 is 11.8 Å². The van der Waals surface area contributed by atoms with E-state index in [1.807, 2.05) is 11.8 Å². The molecular formula is C13H21N3OS. The summed E-state index contributed by atoms with van der Waals surface area (Å²) >= 11 is 2.05. The Balaban J connectivity index is 2.09. The topological polar surface area (TPSA) is 38.2 Å². The molecule has 100 valence electrons. The van der Waals surface area contributed by atoms with Gasteiger partial charge in [0.15, 0.2) is 0 Å². The van der Waals surface area contributed by atoms with Crippen molar-refractivity contribution in [3.63, 3.8) is 0 Å². The molecule has 0 aromatic carbocycles. The zero-order valence-electron chi connectivity index (χ0n) is 11.1. The fourth-order valence-corrected chi connectivity index (χ4v) is 3.34. The summed E-state index contributed by atoms with van der Waals surface area (Å²) in [6, 6.07) is 1.79. The number of nitrogens with zero attached hydrogens (tertiary/aromatic N) is 3. The average Bonchev–Trinajstić information content (AvgIpc) is 2.65. The first-order chi connectivity index (χ1) is 8.83. The van der Waals surface area contributed by atoms with Crippen LogP contribution in [-0.2, 0) is 0 Å². The van der Waals surface area contributed by atoms with Crippen LogP contribution in [-0.4, -0.2) is 41.2 Å².